The minimum Gasteiger partial charge on any atom is -0.420 e. The van der Waals surface area contributed by atoms with Crippen molar-refractivity contribution in [3.05, 3.63) is 65.6 Å². The van der Waals surface area contributed by atoms with Gasteiger partial charge in [0.15, 0.2) is 11.0 Å². The maximum atomic E-state index is 6.27. The third kappa shape index (κ3) is 4.11. The monoisotopic (exact) mass is 492 g/mol. The van der Waals surface area contributed by atoms with Gasteiger partial charge in [0.2, 0.25) is 11.8 Å². The maximum Gasteiger partial charge on any atom is 0.249 e. The van der Waals surface area contributed by atoms with Gasteiger partial charge in [0.05, 0.1) is 29.0 Å². The standard InChI is InChI=1S/C24H21ClN6O2S/c25-19-9-3-1-8-17(19)23-29-27-21(33-23)14-34-24-30-28-22(31(24)13-15-6-5-11-32-15)18-12-26-20-10-4-2-7-16(18)20/h1-4,7-10,12,15,26H,5-6,11,13-14H2. The fourth-order valence-corrected chi connectivity index (χ4v) is 5.19. The predicted molar refractivity (Wildman–Crippen MR) is 131 cm³/mol. The highest BCUT2D eigenvalue weighted by Gasteiger charge is 2.23. The van der Waals surface area contributed by atoms with E-state index in [1.54, 1.807) is 6.07 Å². The van der Waals surface area contributed by atoms with E-state index in [4.69, 9.17) is 20.8 Å². The Bertz CT molecular complexity index is 1440. The number of fused-ring (bicyclic) bond motifs is 1. The summed E-state index contributed by atoms with van der Waals surface area (Å²) in [6.45, 7) is 1.49. The highest BCUT2D eigenvalue weighted by molar-refractivity contribution is 7.98. The summed E-state index contributed by atoms with van der Waals surface area (Å²) in [6, 6.07) is 15.6. The molecule has 1 fully saturated rings. The average molecular weight is 493 g/mol. The lowest BCUT2D eigenvalue weighted by Crippen LogP contribution is -2.16. The van der Waals surface area contributed by atoms with Crippen molar-refractivity contribution in [2.45, 2.75) is 36.4 Å². The second-order valence-electron chi connectivity index (χ2n) is 8.07. The van der Waals surface area contributed by atoms with Crippen molar-refractivity contribution in [2.24, 2.45) is 0 Å². The van der Waals surface area contributed by atoms with Crippen LogP contribution in [0.15, 0.2) is 64.3 Å². The number of ether oxygens (including phenoxy) is 1. The number of para-hydroxylation sites is 1. The lowest BCUT2D eigenvalue weighted by molar-refractivity contribution is 0.0953. The molecule has 0 saturated carbocycles. The van der Waals surface area contributed by atoms with Crippen LogP contribution in [0.1, 0.15) is 18.7 Å². The first kappa shape index (κ1) is 21.4. The Kier molecular flexibility index (Phi) is 5.82. The van der Waals surface area contributed by atoms with Crippen LogP contribution in [0.4, 0.5) is 0 Å². The van der Waals surface area contributed by atoms with Crippen molar-refractivity contribution < 1.29 is 9.15 Å². The minimum absolute atomic E-state index is 0.148. The van der Waals surface area contributed by atoms with E-state index in [1.807, 2.05) is 36.5 Å². The zero-order valence-corrected chi connectivity index (χ0v) is 19.7. The zero-order valence-electron chi connectivity index (χ0n) is 18.1. The Labute approximate surface area is 204 Å². The van der Waals surface area contributed by atoms with Crippen LogP contribution in [0.25, 0.3) is 33.7 Å². The lowest BCUT2D eigenvalue weighted by Gasteiger charge is -2.14. The lowest BCUT2D eigenvalue weighted by atomic mass is 10.1. The number of thioether (sulfide) groups is 1. The summed E-state index contributed by atoms with van der Waals surface area (Å²) in [5, 5.41) is 19.9. The van der Waals surface area contributed by atoms with Crippen LogP contribution >= 0.6 is 23.4 Å². The number of H-pyrrole nitrogens is 1. The van der Waals surface area contributed by atoms with Gasteiger partial charge in [0.25, 0.3) is 0 Å². The summed E-state index contributed by atoms with van der Waals surface area (Å²) in [6.07, 6.45) is 4.24. The Morgan fingerprint density at radius 3 is 2.79 bits per heavy atom. The fraction of sp³-hybridized carbons (Fsp3) is 0.250. The van der Waals surface area contributed by atoms with Crippen molar-refractivity contribution >= 4 is 34.3 Å². The Hall–Kier alpha value is -3.14. The van der Waals surface area contributed by atoms with Gasteiger partial charge in [-0.3, -0.25) is 4.57 Å². The van der Waals surface area contributed by atoms with E-state index in [0.29, 0.717) is 29.1 Å². The summed E-state index contributed by atoms with van der Waals surface area (Å²) in [4.78, 5) is 3.33. The Morgan fingerprint density at radius 2 is 1.91 bits per heavy atom. The molecule has 4 heterocycles. The largest absolute Gasteiger partial charge is 0.420 e. The first-order valence-corrected chi connectivity index (χ1v) is 12.4. The number of aromatic nitrogens is 6. The van der Waals surface area contributed by atoms with E-state index < -0.39 is 0 Å². The molecule has 10 heteroatoms. The number of benzene rings is 2. The SMILES string of the molecule is Clc1ccccc1-c1nnc(CSc2nnc(-c3c[nH]c4ccccc34)n2CC2CCCO2)o1. The quantitative estimate of drug-likeness (QED) is 0.295. The molecule has 172 valence electrons. The van der Waals surface area contributed by atoms with Gasteiger partial charge in [0.1, 0.15) is 0 Å². The number of hydrogen-bond donors (Lipinski definition) is 1. The maximum absolute atomic E-state index is 6.27. The third-order valence-electron chi connectivity index (χ3n) is 5.85. The number of hydrogen-bond acceptors (Lipinski definition) is 7. The normalized spacial score (nSPS) is 16.0. The van der Waals surface area contributed by atoms with Crippen molar-refractivity contribution in [2.75, 3.05) is 6.61 Å². The predicted octanol–water partition coefficient (Wildman–Crippen LogP) is 5.60. The number of aromatic amines is 1. The van der Waals surface area contributed by atoms with E-state index >= 15 is 0 Å². The van der Waals surface area contributed by atoms with E-state index in [1.165, 1.54) is 11.8 Å². The van der Waals surface area contributed by atoms with Crippen LogP contribution in [-0.4, -0.2) is 42.7 Å². The number of halogens is 1. The molecule has 1 atom stereocenters. The van der Waals surface area contributed by atoms with Gasteiger partial charge in [0, 0.05) is 29.3 Å². The summed E-state index contributed by atoms with van der Waals surface area (Å²) in [5.41, 5.74) is 2.80. The molecular weight excluding hydrogens is 472 g/mol. The van der Waals surface area contributed by atoms with E-state index in [9.17, 15) is 0 Å². The third-order valence-corrected chi connectivity index (χ3v) is 7.13. The first-order chi connectivity index (χ1) is 16.8. The van der Waals surface area contributed by atoms with Crippen molar-refractivity contribution in [3.63, 3.8) is 0 Å². The summed E-state index contributed by atoms with van der Waals surface area (Å²) in [7, 11) is 0. The summed E-state index contributed by atoms with van der Waals surface area (Å²) >= 11 is 7.78. The van der Waals surface area contributed by atoms with Crippen LogP contribution in [0, 0.1) is 0 Å². The molecule has 0 amide bonds. The van der Waals surface area contributed by atoms with Gasteiger partial charge in [-0.05, 0) is 31.0 Å². The molecule has 2 aromatic carbocycles. The van der Waals surface area contributed by atoms with Crippen LogP contribution < -0.4 is 0 Å². The number of nitrogens with one attached hydrogen (secondary N) is 1. The molecule has 1 N–H and O–H groups in total. The smallest absolute Gasteiger partial charge is 0.249 e. The molecule has 5 aromatic rings. The highest BCUT2D eigenvalue weighted by Crippen LogP contribution is 2.33. The Balaban J connectivity index is 1.28. The second kappa shape index (κ2) is 9.25. The van der Waals surface area contributed by atoms with Gasteiger partial charge < -0.3 is 14.1 Å². The minimum atomic E-state index is 0.148. The molecular formula is C24H21ClN6O2S. The first-order valence-electron chi connectivity index (χ1n) is 11.1. The topological polar surface area (TPSA) is 94.7 Å². The molecule has 0 aliphatic carbocycles. The van der Waals surface area contributed by atoms with Gasteiger partial charge in [-0.1, -0.05) is 53.7 Å². The molecule has 1 saturated heterocycles. The van der Waals surface area contributed by atoms with Crippen LogP contribution in [0.2, 0.25) is 5.02 Å². The van der Waals surface area contributed by atoms with Crippen LogP contribution in [-0.2, 0) is 17.0 Å². The molecule has 34 heavy (non-hydrogen) atoms. The van der Waals surface area contributed by atoms with Crippen molar-refractivity contribution in [1.29, 1.82) is 0 Å². The molecule has 0 spiro atoms. The molecule has 0 radical (unpaired) electrons. The summed E-state index contributed by atoms with van der Waals surface area (Å²) in [5.74, 6) is 2.19. The molecule has 1 aliphatic heterocycles. The van der Waals surface area contributed by atoms with Gasteiger partial charge in [-0.2, -0.15) is 0 Å². The molecule has 1 aliphatic rings. The molecule has 1 unspecified atom stereocenters. The van der Waals surface area contributed by atoms with Crippen molar-refractivity contribution in [1.82, 2.24) is 29.9 Å². The van der Waals surface area contributed by atoms with Gasteiger partial charge >= 0.3 is 0 Å². The zero-order chi connectivity index (χ0) is 22.9. The number of rotatable bonds is 7. The molecule has 3 aromatic heterocycles. The molecule has 6 rings (SSSR count). The molecule has 0 bridgehead atoms. The van der Waals surface area contributed by atoms with E-state index in [2.05, 4.69) is 42.1 Å². The Morgan fingerprint density at radius 1 is 1.03 bits per heavy atom. The second-order valence-corrected chi connectivity index (χ2v) is 9.42. The number of nitrogens with zero attached hydrogens (tertiary/aromatic N) is 5. The van der Waals surface area contributed by atoms with Crippen molar-refractivity contribution in [3.8, 4) is 22.8 Å². The average Bonchev–Trinajstić information content (AvgIpc) is 3.66. The fourth-order valence-electron chi connectivity index (χ4n) is 4.19. The van der Waals surface area contributed by atoms with Gasteiger partial charge in [-0.25, -0.2) is 0 Å². The molecule has 8 nitrogen and oxygen atoms in total. The summed E-state index contributed by atoms with van der Waals surface area (Å²) < 4.78 is 13.9. The van der Waals surface area contributed by atoms with Crippen LogP contribution in [0.3, 0.4) is 0 Å². The van der Waals surface area contributed by atoms with Gasteiger partial charge in [-0.15, -0.1) is 20.4 Å². The van der Waals surface area contributed by atoms with Crippen LogP contribution in [0.5, 0.6) is 0 Å². The van der Waals surface area contributed by atoms with E-state index in [0.717, 1.165) is 52.5 Å². The van der Waals surface area contributed by atoms with E-state index in [-0.39, 0.29) is 6.10 Å². The highest BCUT2D eigenvalue weighted by atomic mass is 35.5.